The van der Waals surface area contributed by atoms with Crippen LogP contribution >= 0.6 is 23.2 Å². The summed E-state index contributed by atoms with van der Waals surface area (Å²) in [7, 11) is 0. The van der Waals surface area contributed by atoms with Crippen LogP contribution in [0.1, 0.15) is 12.2 Å². The Balaban J connectivity index is 1.78. The predicted octanol–water partition coefficient (Wildman–Crippen LogP) is 4.46. The van der Waals surface area contributed by atoms with Crippen molar-refractivity contribution in [1.82, 2.24) is 14.6 Å². The van der Waals surface area contributed by atoms with Crippen LogP contribution in [0.2, 0.25) is 10.0 Å². The molecule has 1 aromatic carbocycles. The van der Waals surface area contributed by atoms with Crippen LogP contribution in [0.15, 0.2) is 42.6 Å². The lowest BCUT2D eigenvalue weighted by Gasteiger charge is -2.03. The molecule has 6 heteroatoms. The van der Waals surface area contributed by atoms with Crippen molar-refractivity contribution in [2.24, 2.45) is 0 Å². The first-order chi connectivity index (χ1) is 10.7. The molecule has 0 bridgehead atoms. The third-order valence-electron chi connectivity index (χ3n) is 3.52. The zero-order valence-electron chi connectivity index (χ0n) is 11.5. The first-order valence-corrected chi connectivity index (χ1v) is 7.61. The molecule has 0 amide bonds. The van der Waals surface area contributed by atoms with E-state index >= 15 is 0 Å². The van der Waals surface area contributed by atoms with E-state index in [1.807, 2.05) is 36.5 Å². The van der Waals surface area contributed by atoms with Gasteiger partial charge in [0.2, 0.25) is 5.82 Å². The zero-order valence-corrected chi connectivity index (χ0v) is 13.0. The molecule has 0 fully saturated rings. The molecule has 0 spiro atoms. The van der Waals surface area contributed by atoms with E-state index in [4.69, 9.17) is 27.9 Å². The average Bonchev–Trinajstić information content (AvgIpc) is 3.17. The summed E-state index contributed by atoms with van der Waals surface area (Å²) in [5.41, 5.74) is 2.75. The van der Waals surface area contributed by atoms with Crippen molar-refractivity contribution < 1.29 is 4.74 Å². The number of ether oxygens (including phenoxy) is 1. The van der Waals surface area contributed by atoms with Crippen LogP contribution < -0.4 is 0 Å². The van der Waals surface area contributed by atoms with Gasteiger partial charge in [-0.3, -0.25) is 0 Å². The fraction of sp³-hybridized carbons (Fsp3) is 0.125. The van der Waals surface area contributed by atoms with Crippen LogP contribution in [0, 0.1) is 0 Å². The van der Waals surface area contributed by atoms with Gasteiger partial charge in [0.1, 0.15) is 0 Å². The van der Waals surface area contributed by atoms with Crippen LogP contribution in [-0.4, -0.2) is 21.2 Å². The summed E-state index contributed by atoms with van der Waals surface area (Å²) in [4.78, 5) is 4.52. The Morgan fingerprint density at radius 3 is 2.68 bits per heavy atom. The van der Waals surface area contributed by atoms with Crippen molar-refractivity contribution in [3.05, 3.63) is 58.5 Å². The molecule has 2 aromatic heterocycles. The van der Waals surface area contributed by atoms with E-state index in [0.29, 0.717) is 22.5 Å². The Hall–Kier alpha value is -2.04. The minimum absolute atomic E-state index is 0.533. The largest absolute Gasteiger partial charge is 0.490 e. The van der Waals surface area contributed by atoms with Gasteiger partial charge in [-0.15, -0.1) is 5.10 Å². The molecule has 110 valence electrons. The second kappa shape index (κ2) is 5.30. The van der Waals surface area contributed by atoms with E-state index in [0.717, 1.165) is 29.0 Å². The monoisotopic (exact) mass is 331 g/mol. The Bertz CT molecular complexity index is 902. The summed E-state index contributed by atoms with van der Waals surface area (Å²) in [6.07, 6.45) is 4.78. The number of fused-ring (bicyclic) bond motifs is 1. The van der Waals surface area contributed by atoms with Crippen LogP contribution in [0.5, 0.6) is 0 Å². The molecule has 22 heavy (non-hydrogen) atoms. The number of hydrogen-bond donors (Lipinski definition) is 0. The highest BCUT2D eigenvalue weighted by Gasteiger charge is 2.14. The number of halogens is 2. The number of nitrogens with zero attached hydrogens (tertiary/aromatic N) is 3. The van der Waals surface area contributed by atoms with E-state index in [1.54, 1.807) is 10.6 Å². The molecular weight excluding hydrogens is 321 g/mol. The van der Waals surface area contributed by atoms with Crippen molar-refractivity contribution in [2.45, 2.75) is 6.42 Å². The lowest BCUT2D eigenvalue weighted by Crippen LogP contribution is -1.90. The van der Waals surface area contributed by atoms with Gasteiger partial charge < -0.3 is 4.74 Å². The van der Waals surface area contributed by atoms with Crippen LogP contribution in [0.25, 0.3) is 22.5 Å². The molecule has 0 unspecified atom stereocenters. The Labute approximate surface area is 136 Å². The quantitative estimate of drug-likeness (QED) is 0.695. The summed E-state index contributed by atoms with van der Waals surface area (Å²) in [5, 5.41) is 5.50. The van der Waals surface area contributed by atoms with Gasteiger partial charge in [-0.2, -0.15) is 0 Å². The van der Waals surface area contributed by atoms with E-state index in [-0.39, 0.29) is 0 Å². The number of hydrogen-bond acceptors (Lipinski definition) is 3. The third kappa shape index (κ3) is 2.34. The van der Waals surface area contributed by atoms with Crippen molar-refractivity contribution >= 4 is 34.6 Å². The normalized spacial score (nSPS) is 14.2. The van der Waals surface area contributed by atoms with Gasteiger partial charge in [0.05, 0.1) is 16.7 Å². The van der Waals surface area contributed by atoms with Gasteiger partial charge in [-0.25, -0.2) is 9.50 Å². The number of benzene rings is 1. The molecule has 0 aliphatic carbocycles. The van der Waals surface area contributed by atoms with Crippen molar-refractivity contribution in [2.75, 3.05) is 6.61 Å². The molecule has 0 saturated heterocycles. The lowest BCUT2D eigenvalue weighted by atomic mass is 10.1. The Kier molecular flexibility index (Phi) is 3.28. The highest BCUT2D eigenvalue weighted by molar-refractivity contribution is 6.42. The topological polar surface area (TPSA) is 39.4 Å². The van der Waals surface area contributed by atoms with E-state index < -0.39 is 0 Å². The zero-order chi connectivity index (χ0) is 15.1. The van der Waals surface area contributed by atoms with Crippen molar-refractivity contribution in [3.8, 4) is 11.1 Å². The van der Waals surface area contributed by atoms with Gasteiger partial charge in [0.15, 0.2) is 11.4 Å². The molecular formula is C16H11Cl2N3O. The second-order valence-corrected chi connectivity index (χ2v) is 5.80. The maximum absolute atomic E-state index is 6.08. The smallest absolute Gasteiger partial charge is 0.216 e. The second-order valence-electron chi connectivity index (χ2n) is 4.99. The van der Waals surface area contributed by atoms with Gasteiger partial charge in [0, 0.05) is 12.6 Å². The predicted molar refractivity (Wildman–Crippen MR) is 87.0 cm³/mol. The first-order valence-electron chi connectivity index (χ1n) is 6.86. The Morgan fingerprint density at radius 2 is 1.91 bits per heavy atom. The highest BCUT2D eigenvalue weighted by Crippen LogP contribution is 2.29. The summed E-state index contributed by atoms with van der Waals surface area (Å²) in [6, 6.07) is 9.49. The maximum atomic E-state index is 6.08. The summed E-state index contributed by atoms with van der Waals surface area (Å²) >= 11 is 12.0. The van der Waals surface area contributed by atoms with Crippen molar-refractivity contribution in [3.63, 3.8) is 0 Å². The Morgan fingerprint density at radius 1 is 1.05 bits per heavy atom. The molecule has 0 radical (unpaired) electrons. The number of pyridine rings is 1. The highest BCUT2D eigenvalue weighted by atomic mass is 35.5. The molecule has 3 heterocycles. The molecule has 1 aliphatic heterocycles. The van der Waals surface area contributed by atoms with E-state index in [9.17, 15) is 0 Å². The molecule has 3 aromatic rings. The molecule has 1 aliphatic rings. The first kappa shape index (κ1) is 13.6. The van der Waals surface area contributed by atoms with E-state index in [2.05, 4.69) is 10.1 Å². The maximum Gasteiger partial charge on any atom is 0.216 e. The molecule has 0 saturated carbocycles. The third-order valence-corrected chi connectivity index (χ3v) is 4.26. The number of rotatable bonds is 2. The standard InChI is InChI=1S/C16H11Cl2N3O/c17-12-4-3-10(8-13(12)18)11-5-6-21-15(9-11)19-16(20-21)14-2-1-7-22-14/h2-6,8-9H,1,7H2. The molecule has 0 N–H and O–H groups in total. The van der Waals surface area contributed by atoms with Crippen LogP contribution in [-0.2, 0) is 4.74 Å². The van der Waals surface area contributed by atoms with Crippen LogP contribution in [0.3, 0.4) is 0 Å². The van der Waals surface area contributed by atoms with Gasteiger partial charge >= 0.3 is 0 Å². The van der Waals surface area contributed by atoms with Gasteiger partial charge in [-0.1, -0.05) is 29.3 Å². The SMILES string of the molecule is Clc1ccc(-c2ccn3nc(C4=CCCO4)nc3c2)cc1Cl. The summed E-state index contributed by atoms with van der Waals surface area (Å²) in [6.45, 7) is 0.694. The molecule has 4 nitrogen and oxygen atoms in total. The fourth-order valence-corrected chi connectivity index (χ4v) is 2.71. The molecule has 0 atom stereocenters. The van der Waals surface area contributed by atoms with Gasteiger partial charge in [-0.05, 0) is 41.5 Å². The average molecular weight is 332 g/mol. The minimum Gasteiger partial charge on any atom is -0.490 e. The fourth-order valence-electron chi connectivity index (χ4n) is 2.41. The summed E-state index contributed by atoms with van der Waals surface area (Å²) in [5.74, 6) is 1.36. The van der Waals surface area contributed by atoms with Crippen molar-refractivity contribution in [1.29, 1.82) is 0 Å². The summed E-state index contributed by atoms with van der Waals surface area (Å²) < 4.78 is 7.24. The minimum atomic E-state index is 0.533. The number of aromatic nitrogens is 3. The molecule has 4 rings (SSSR count). The lowest BCUT2D eigenvalue weighted by molar-refractivity contribution is 0.305. The van der Waals surface area contributed by atoms with Crippen LogP contribution in [0.4, 0.5) is 0 Å². The van der Waals surface area contributed by atoms with E-state index in [1.165, 1.54) is 0 Å². The van der Waals surface area contributed by atoms with Gasteiger partial charge in [0.25, 0.3) is 0 Å².